The molecule has 0 unspecified atom stereocenters. The molecule has 2 aromatic carbocycles. The Hall–Kier alpha value is -2.55. The van der Waals surface area contributed by atoms with E-state index in [0.29, 0.717) is 18.3 Å². The summed E-state index contributed by atoms with van der Waals surface area (Å²) in [5.74, 6) is -0.401. The number of fused-ring (bicyclic) bond motifs is 1. The van der Waals surface area contributed by atoms with Crippen molar-refractivity contribution in [3.8, 4) is 0 Å². The zero-order chi connectivity index (χ0) is 13.9. The van der Waals surface area contributed by atoms with E-state index < -0.39 is 5.82 Å². The molecule has 0 aliphatic rings. The second-order valence-corrected chi connectivity index (χ2v) is 4.63. The molecule has 1 aromatic heterocycles. The summed E-state index contributed by atoms with van der Waals surface area (Å²) < 4.78 is 13.1. The van der Waals surface area contributed by atoms with Crippen LogP contribution in [0.4, 0.5) is 4.39 Å². The zero-order valence-corrected chi connectivity index (χ0v) is 10.7. The van der Waals surface area contributed by atoms with Crippen molar-refractivity contribution >= 4 is 17.2 Å². The standard InChI is InChI=1S/C17H12FNO/c18-15-7-5-13(14(9-15)11-20)10-16-8-6-12-3-1-2-4-17(12)19-16/h1-9,11H,10H2. The van der Waals surface area contributed by atoms with Gasteiger partial charge < -0.3 is 0 Å². The maximum absolute atomic E-state index is 13.1. The molecule has 0 saturated heterocycles. The highest BCUT2D eigenvalue weighted by atomic mass is 19.1. The van der Waals surface area contributed by atoms with Crippen LogP contribution in [0.25, 0.3) is 10.9 Å². The van der Waals surface area contributed by atoms with E-state index in [9.17, 15) is 9.18 Å². The maximum atomic E-state index is 13.1. The third-order valence-electron chi connectivity index (χ3n) is 3.26. The lowest BCUT2D eigenvalue weighted by atomic mass is 10.0. The maximum Gasteiger partial charge on any atom is 0.150 e. The van der Waals surface area contributed by atoms with Crippen molar-refractivity contribution in [2.45, 2.75) is 6.42 Å². The van der Waals surface area contributed by atoms with Crippen LogP contribution in [0, 0.1) is 5.82 Å². The van der Waals surface area contributed by atoms with E-state index in [1.807, 2.05) is 36.4 Å². The third-order valence-corrected chi connectivity index (χ3v) is 3.26. The molecule has 1 heterocycles. The number of hydrogen-bond donors (Lipinski definition) is 0. The Balaban J connectivity index is 1.98. The van der Waals surface area contributed by atoms with Crippen molar-refractivity contribution in [3.05, 3.63) is 77.2 Å². The van der Waals surface area contributed by atoms with Crippen molar-refractivity contribution in [2.24, 2.45) is 0 Å². The molecule has 2 nitrogen and oxygen atoms in total. The molecule has 0 N–H and O–H groups in total. The molecule has 20 heavy (non-hydrogen) atoms. The summed E-state index contributed by atoms with van der Waals surface area (Å²) in [7, 11) is 0. The van der Waals surface area contributed by atoms with Crippen LogP contribution >= 0.6 is 0 Å². The van der Waals surface area contributed by atoms with E-state index in [0.717, 1.165) is 22.2 Å². The molecule has 0 aliphatic carbocycles. The summed E-state index contributed by atoms with van der Waals surface area (Å²) in [6.07, 6.45) is 1.19. The second-order valence-electron chi connectivity index (χ2n) is 4.63. The first-order valence-electron chi connectivity index (χ1n) is 6.34. The van der Waals surface area contributed by atoms with Gasteiger partial charge in [0.05, 0.1) is 5.52 Å². The van der Waals surface area contributed by atoms with E-state index in [-0.39, 0.29) is 0 Å². The van der Waals surface area contributed by atoms with Crippen molar-refractivity contribution in [3.63, 3.8) is 0 Å². The van der Waals surface area contributed by atoms with E-state index in [2.05, 4.69) is 4.98 Å². The van der Waals surface area contributed by atoms with Gasteiger partial charge in [-0.15, -0.1) is 0 Å². The van der Waals surface area contributed by atoms with Gasteiger partial charge in [0, 0.05) is 23.1 Å². The number of hydrogen-bond acceptors (Lipinski definition) is 2. The molecule has 3 rings (SSSR count). The number of para-hydroxylation sites is 1. The molecule has 0 amide bonds. The number of nitrogens with zero attached hydrogens (tertiary/aromatic N) is 1. The van der Waals surface area contributed by atoms with Gasteiger partial charge in [-0.3, -0.25) is 9.78 Å². The van der Waals surface area contributed by atoms with Gasteiger partial charge in [-0.25, -0.2) is 4.39 Å². The van der Waals surface area contributed by atoms with Crippen LogP contribution in [0.1, 0.15) is 21.6 Å². The van der Waals surface area contributed by atoms with E-state index in [1.54, 1.807) is 6.07 Å². The predicted molar refractivity (Wildman–Crippen MR) is 76.3 cm³/mol. The molecule has 3 aromatic rings. The van der Waals surface area contributed by atoms with Gasteiger partial charge in [0.1, 0.15) is 12.1 Å². The number of carbonyl (C=O) groups is 1. The lowest BCUT2D eigenvalue weighted by Crippen LogP contribution is -1.98. The molecule has 3 heteroatoms. The SMILES string of the molecule is O=Cc1cc(F)ccc1Cc1ccc2ccccc2n1. The van der Waals surface area contributed by atoms with Gasteiger partial charge in [-0.1, -0.05) is 30.3 Å². The average Bonchev–Trinajstić information content (AvgIpc) is 2.49. The molecule has 98 valence electrons. The normalized spacial score (nSPS) is 10.7. The summed E-state index contributed by atoms with van der Waals surface area (Å²) in [4.78, 5) is 15.6. The Labute approximate surface area is 115 Å². The molecule has 0 atom stereocenters. The van der Waals surface area contributed by atoms with Gasteiger partial charge in [0.25, 0.3) is 0 Å². The number of halogens is 1. The van der Waals surface area contributed by atoms with Crippen LogP contribution in [0.2, 0.25) is 0 Å². The fourth-order valence-electron chi connectivity index (χ4n) is 2.24. The summed E-state index contributed by atoms with van der Waals surface area (Å²) in [6, 6.07) is 16.0. The smallest absolute Gasteiger partial charge is 0.150 e. The highest BCUT2D eigenvalue weighted by molar-refractivity contribution is 5.79. The minimum Gasteiger partial charge on any atom is -0.298 e. The number of pyridine rings is 1. The van der Waals surface area contributed by atoms with Crippen LogP contribution in [0.15, 0.2) is 54.6 Å². The largest absolute Gasteiger partial charge is 0.298 e. The van der Waals surface area contributed by atoms with Crippen LogP contribution in [0.3, 0.4) is 0 Å². The number of aldehydes is 1. The lowest BCUT2D eigenvalue weighted by molar-refractivity contribution is 0.112. The fourth-order valence-corrected chi connectivity index (χ4v) is 2.24. The molecule has 0 saturated carbocycles. The number of carbonyl (C=O) groups excluding carboxylic acids is 1. The summed E-state index contributed by atoms with van der Waals surface area (Å²) >= 11 is 0. The average molecular weight is 265 g/mol. The Morgan fingerprint density at radius 2 is 1.90 bits per heavy atom. The second kappa shape index (κ2) is 5.21. The molecule has 0 bridgehead atoms. The molecule has 0 radical (unpaired) electrons. The number of benzene rings is 2. The predicted octanol–water partition coefficient (Wildman–Crippen LogP) is 3.78. The molecule has 0 spiro atoms. The summed E-state index contributed by atoms with van der Waals surface area (Å²) in [5.41, 5.74) is 2.93. The van der Waals surface area contributed by atoms with Gasteiger partial charge >= 0.3 is 0 Å². The highest BCUT2D eigenvalue weighted by Gasteiger charge is 2.06. The van der Waals surface area contributed by atoms with Crippen molar-refractivity contribution in [1.29, 1.82) is 0 Å². The summed E-state index contributed by atoms with van der Waals surface area (Å²) in [6.45, 7) is 0. The Kier molecular flexibility index (Phi) is 3.25. The monoisotopic (exact) mass is 265 g/mol. The van der Waals surface area contributed by atoms with Crippen molar-refractivity contribution < 1.29 is 9.18 Å². The molecular weight excluding hydrogens is 253 g/mol. The van der Waals surface area contributed by atoms with Gasteiger partial charge in [-0.2, -0.15) is 0 Å². The zero-order valence-electron chi connectivity index (χ0n) is 10.7. The number of rotatable bonds is 3. The summed E-state index contributed by atoms with van der Waals surface area (Å²) in [5, 5.41) is 1.07. The van der Waals surface area contributed by atoms with Crippen molar-refractivity contribution in [1.82, 2.24) is 4.98 Å². The first-order valence-corrected chi connectivity index (χ1v) is 6.34. The van der Waals surface area contributed by atoms with E-state index >= 15 is 0 Å². The fraction of sp³-hybridized carbons (Fsp3) is 0.0588. The minimum absolute atomic E-state index is 0.375. The van der Waals surface area contributed by atoms with Crippen LogP contribution in [-0.2, 0) is 6.42 Å². The quantitative estimate of drug-likeness (QED) is 0.675. The van der Waals surface area contributed by atoms with Gasteiger partial charge in [-0.05, 0) is 29.8 Å². The lowest BCUT2D eigenvalue weighted by Gasteiger charge is -2.06. The number of aromatic nitrogens is 1. The molecule has 0 fully saturated rings. The first-order chi connectivity index (χ1) is 9.76. The first kappa shape index (κ1) is 12.5. The minimum atomic E-state index is -0.401. The van der Waals surface area contributed by atoms with E-state index in [1.165, 1.54) is 12.1 Å². The Morgan fingerprint density at radius 1 is 1.05 bits per heavy atom. The van der Waals surface area contributed by atoms with Crippen molar-refractivity contribution in [2.75, 3.05) is 0 Å². The van der Waals surface area contributed by atoms with Crippen LogP contribution < -0.4 is 0 Å². The molecule has 0 aliphatic heterocycles. The highest BCUT2D eigenvalue weighted by Crippen LogP contribution is 2.17. The van der Waals surface area contributed by atoms with Gasteiger partial charge in [0.2, 0.25) is 0 Å². The molecular formula is C17H12FNO. The van der Waals surface area contributed by atoms with Gasteiger partial charge in [0.15, 0.2) is 0 Å². The Morgan fingerprint density at radius 3 is 2.75 bits per heavy atom. The Bertz CT molecular complexity index is 783. The van der Waals surface area contributed by atoms with E-state index in [4.69, 9.17) is 0 Å². The third kappa shape index (κ3) is 2.43. The van der Waals surface area contributed by atoms with Crippen LogP contribution in [0.5, 0.6) is 0 Å². The van der Waals surface area contributed by atoms with Crippen LogP contribution in [-0.4, -0.2) is 11.3 Å². The topological polar surface area (TPSA) is 30.0 Å².